The first-order chi connectivity index (χ1) is 12.6. The molecule has 26 heavy (non-hydrogen) atoms. The van der Waals surface area contributed by atoms with Crippen molar-refractivity contribution >= 4 is 17.6 Å². The van der Waals surface area contributed by atoms with E-state index in [0.717, 1.165) is 37.3 Å². The molecule has 1 amide bonds. The highest BCUT2D eigenvalue weighted by Crippen LogP contribution is 2.20. The van der Waals surface area contributed by atoms with E-state index in [9.17, 15) is 9.59 Å². The van der Waals surface area contributed by atoms with Gasteiger partial charge in [-0.3, -0.25) is 4.79 Å². The van der Waals surface area contributed by atoms with E-state index in [1.54, 1.807) is 11.6 Å². The Bertz CT molecular complexity index is 794. The highest BCUT2D eigenvalue weighted by atomic mass is 16.5. The predicted molar refractivity (Wildman–Crippen MR) is 98.5 cm³/mol. The minimum Gasteiger partial charge on any atom is -0.462 e. The molecule has 0 unspecified atom stereocenters. The molecule has 0 saturated carbocycles. The molecule has 1 aromatic heterocycles. The van der Waals surface area contributed by atoms with Crippen LogP contribution in [0.2, 0.25) is 0 Å². The number of aromatic nitrogens is 2. The van der Waals surface area contributed by atoms with Crippen LogP contribution >= 0.6 is 0 Å². The van der Waals surface area contributed by atoms with Crippen LogP contribution in [0.15, 0.2) is 30.5 Å². The second-order valence-corrected chi connectivity index (χ2v) is 6.34. The fraction of sp³-hybridized carbons (Fsp3) is 0.421. The molecule has 3 rings (SSSR count). The number of carbonyl (C=O) groups excluding carboxylic acids is 2. The maximum absolute atomic E-state index is 12.4. The molecule has 1 aliphatic heterocycles. The molecule has 138 valence electrons. The molecule has 1 saturated heterocycles. The van der Waals surface area contributed by atoms with Crippen molar-refractivity contribution in [2.24, 2.45) is 5.92 Å². The Morgan fingerprint density at radius 1 is 1.35 bits per heavy atom. The molecular formula is C19H24N4O3. The van der Waals surface area contributed by atoms with Gasteiger partial charge in [-0.05, 0) is 58.0 Å². The number of benzene rings is 1. The largest absolute Gasteiger partial charge is 0.462 e. The zero-order chi connectivity index (χ0) is 18.5. The van der Waals surface area contributed by atoms with Crippen LogP contribution < -0.4 is 10.6 Å². The summed E-state index contributed by atoms with van der Waals surface area (Å²) in [6, 6.07) is 7.45. The monoisotopic (exact) mass is 356 g/mol. The average molecular weight is 356 g/mol. The van der Waals surface area contributed by atoms with Crippen molar-refractivity contribution in [1.82, 2.24) is 15.1 Å². The summed E-state index contributed by atoms with van der Waals surface area (Å²) in [7, 11) is 0. The van der Waals surface area contributed by atoms with Crippen LogP contribution in [0.25, 0.3) is 5.69 Å². The van der Waals surface area contributed by atoms with Crippen LogP contribution in [0.5, 0.6) is 0 Å². The third-order valence-electron chi connectivity index (χ3n) is 4.57. The van der Waals surface area contributed by atoms with Gasteiger partial charge in [-0.25, -0.2) is 9.48 Å². The first-order valence-electron chi connectivity index (χ1n) is 8.94. The van der Waals surface area contributed by atoms with E-state index >= 15 is 0 Å². The second kappa shape index (κ2) is 8.14. The highest BCUT2D eigenvalue weighted by molar-refractivity contribution is 5.93. The van der Waals surface area contributed by atoms with Crippen molar-refractivity contribution in [3.8, 4) is 5.69 Å². The van der Waals surface area contributed by atoms with Gasteiger partial charge in [-0.15, -0.1) is 0 Å². The van der Waals surface area contributed by atoms with Gasteiger partial charge in [-0.1, -0.05) is 6.07 Å². The van der Waals surface area contributed by atoms with Gasteiger partial charge in [0.2, 0.25) is 5.91 Å². The third-order valence-corrected chi connectivity index (χ3v) is 4.57. The average Bonchev–Trinajstić information content (AvgIpc) is 3.04. The number of rotatable bonds is 5. The Kier molecular flexibility index (Phi) is 5.68. The van der Waals surface area contributed by atoms with Crippen LogP contribution in [0.4, 0.5) is 5.69 Å². The number of anilines is 1. The van der Waals surface area contributed by atoms with Crippen LogP contribution in [0.3, 0.4) is 0 Å². The molecule has 0 atom stereocenters. The molecule has 0 radical (unpaired) electrons. The van der Waals surface area contributed by atoms with Crippen molar-refractivity contribution in [3.05, 3.63) is 41.7 Å². The van der Waals surface area contributed by atoms with Gasteiger partial charge < -0.3 is 15.4 Å². The number of ether oxygens (including phenoxy) is 1. The molecule has 0 bridgehead atoms. The van der Waals surface area contributed by atoms with Gasteiger partial charge in [0.25, 0.3) is 0 Å². The van der Waals surface area contributed by atoms with E-state index in [0.29, 0.717) is 17.9 Å². The normalized spacial score (nSPS) is 14.8. The maximum atomic E-state index is 12.4. The van der Waals surface area contributed by atoms with E-state index in [1.165, 1.54) is 6.20 Å². The molecule has 7 heteroatoms. The Morgan fingerprint density at radius 2 is 2.12 bits per heavy atom. The minimum absolute atomic E-state index is 0.0433. The Labute approximate surface area is 152 Å². The molecule has 2 N–H and O–H groups in total. The quantitative estimate of drug-likeness (QED) is 0.803. The molecule has 1 aliphatic rings. The van der Waals surface area contributed by atoms with Crippen molar-refractivity contribution in [2.75, 3.05) is 25.0 Å². The third kappa shape index (κ3) is 3.94. The fourth-order valence-electron chi connectivity index (χ4n) is 3.12. The molecule has 2 heterocycles. The summed E-state index contributed by atoms with van der Waals surface area (Å²) in [5.41, 5.74) is 2.64. The number of nitrogens with zero attached hydrogens (tertiary/aromatic N) is 2. The summed E-state index contributed by atoms with van der Waals surface area (Å²) in [4.78, 5) is 24.4. The zero-order valence-electron chi connectivity index (χ0n) is 15.1. The van der Waals surface area contributed by atoms with Gasteiger partial charge in [0.05, 0.1) is 24.2 Å². The van der Waals surface area contributed by atoms with E-state index in [2.05, 4.69) is 15.7 Å². The summed E-state index contributed by atoms with van der Waals surface area (Å²) < 4.78 is 6.72. The summed E-state index contributed by atoms with van der Waals surface area (Å²) in [5.74, 6) is -0.290. The molecule has 1 fully saturated rings. The molecule has 2 aromatic rings. The van der Waals surface area contributed by atoms with Crippen molar-refractivity contribution in [1.29, 1.82) is 0 Å². The Hall–Kier alpha value is -2.67. The van der Waals surface area contributed by atoms with Crippen LogP contribution in [-0.2, 0) is 9.53 Å². The predicted octanol–water partition coefficient (Wildman–Crippen LogP) is 2.30. The lowest BCUT2D eigenvalue weighted by molar-refractivity contribution is -0.120. The van der Waals surface area contributed by atoms with Crippen LogP contribution in [0, 0.1) is 12.8 Å². The Morgan fingerprint density at radius 3 is 2.85 bits per heavy atom. The second-order valence-electron chi connectivity index (χ2n) is 6.34. The summed E-state index contributed by atoms with van der Waals surface area (Å²) in [5, 5.41) is 10.5. The van der Waals surface area contributed by atoms with Crippen molar-refractivity contribution in [3.63, 3.8) is 0 Å². The van der Waals surface area contributed by atoms with Gasteiger partial charge in [0.15, 0.2) is 0 Å². The van der Waals surface area contributed by atoms with E-state index in [-0.39, 0.29) is 17.8 Å². The molecule has 0 spiro atoms. The van der Waals surface area contributed by atoms with Crippen LogP contribution in [0.1, 0.15) is 35.8 Å². The number of esters is 1. The molecular weight excluding hydrogens is 332 g/mol. The van der Waals surface area contributed by atoms with Gasteiger partial charge >= 0.3 is 5.97 Å². The maximum Gasteiger partial charge on any atom is 0.341 e. The lowest BCUT2D eigenvalue weighted by Gasteiger charge is -2.21. The van der Waals surface area contributed by atoms with E-state index in [1.807, 2.05) is 31.2 Å². The van der Waals surface area contributed by atoms with Gasteiger partial charge in [0, 0.05) is 11.6 Å². The number of hydrogen-bond acceptors (Lipinski definition) is 5. The number of piperidine rings is 1. The fourth-order valence-corrected chi connectivity index (χ4v) is 3.12. The SMILES string of the molecule is CCOC(=O)c1cnn(-c2cccc(NC(=O)C3CCNCC3)c2)c1C. The van der Waals surface area contributed by atoms with Crippen molar-refractivity contribution < 1.29 is 14.3 Å². The smallest absolute Gasteiger partial charge is 0.341 e. The Balaban J connectivity index is 1.77. The first kappa shape index (κ1) is 18.1. The molecule has 0 aliphatic carbocycles. The molecule has 7 nitrogen and oxygen atoms in total. The summed E-state index contributed by atoms with van der Waals surface area (Å²) in [6.07, 6.45) is 3.22. The lowest BCUT2D eigenvalue weighted by atomic mass is 9.97. The number of amides is 1. The summed E-state index contributed by atoms with van der Waals surface area (Å²) in [6.45, 7) is 5.66. The first-order valence-corrected chi connectivity index (χ1v) is 8.94. The zero-order valence-corrected chi connectivity index (χ0v) is 15.1. The summed E-state index contributed by atoms with van der Waals surface area (Å²) >= 11 is 0. The topological polar surface area (TPSA) is 85.2 Å². The number of carbonyl (C=O) groups is 2. The minimum atomic E-state index is -0.383. The van der Waals surface area contributed by atoms with E-state index < -0.39 is 0 Å². The lowest BCUT2D eigenvalue weighted by Crippen LogP contribution is -2.34. The van der Waals surface area contributed by atoms with Crippen molar-refractivity contribution in [2.45, 2.75) is 26.7 Å². The van der Waals surface area contributed by atoms with Gasteiger partial charge in [-0.2, -0.15) is 5.10 Å². The number of nitrogens with one attached hydrogen (secondary N) is 2. The van der Waals surface area contributed by atoms with Crippen LogP contribution in [-0.4, -0.2) is 41.4 Å². The standard InChI is InChI=1S/C19H24N4O3/c1-3-26-19(25)17-12-21-23(13(17)2)16-6-4-5-15(11-16)22-18(24)14-7-9-20-10-8-14/h4-6,11-12,14,20H,3,7-10H2,1-2H3,(H,22,24). The highest BCUT2D eigenvalue weighted by Gasteiger charge is 2.21. The van der Waals surface area contributed by atoms with E-state index in [4.69, 9.17) is 4.74 Å². The van der Waals surface area contributed by atoms with Gasteiger partial charge in [0.1, 0.15) is 5.56 Å². The number of hydrogen-bond donors (Lipinski definition) is 2. The molecule has 1 aromatic carbocycles.